The van der Waals surface area contributed by atoms with E-state index in [1.807, 2.05) is 0 Å². The third-order valence-electron chi connectivity index (χ3n) is 5.80. The maximum atomic E-state index is 12.6. The Hall–Kier alpha value is -4.31. The Balaban J connectivity index is 1.86. The van der Waals surface area contributed by atoms with Crippen LogP contribution in [0.2, 0.25) is 0 Å². The molecule has 0 fully saturated rings. The van der Waals surface area contributed by atoms with Crippen molar-refractivity contribution >= 4 is 41.7 Å². The highest BCUT2D eigenvalue weighted by molar-refractivity contribution is 7.80. The second kappa shape index (κ2) is 10.1. The maximum absolute atomic E-state index is 12.6. The maximum Gasteiger partial charge on any atom is 0.224 e. The Morgan fingerprint density at radius 3 is 2.61 bits per heavy atom. The van der Waals surface area contributed by atoms with Gasteiger partial charge in [0.2, 0.25) is 5.91 Å². The molecule has 10 heteroatoms. The number of thiol groups is 1. The fraction of sp³-hybridized carbons (Fsp3) is 0.154. The first-order valence-corrected chi connectivity index (χ1v) is 11.6. The summed E-state index contributed by atoms with van der Waals surface area (Å²) in [6, 6.07) is 12.4. The smallest absolute Gasteiger partial charge is 0.224 e. The summed E-state index contributed by atoms with van der Waals surface area (Å²) in [7, 11) is 0. The lowest BCUT2D eigenvalue weighted by Crippen LogP contribution is -2.36. The Morgan fingerprint density at radius 2 is 1.92 bits per heavy atom. The van der Waals surface area contributed by atoms with Crippen molar-refractivity contribution < 1.29 is 19.8 Å². The standard InChI is InChI=1S/C26H25N5O4S/c1-2-15(12-32)29-23(34)9-13-7-18(17-11-16(36)4-6-22(17)33)24(35)19(8-13)26-30-20-5-3-14(25(27)28)10-21(20)31-26/h3-8,10-12,15,33,35-36H,2,9H2,1H3,(H3,27,28)(H,29,34)(H,30,31)/t15-/m1/s1. The number of phenols is 2. The first-order chi connectivity index (χ1) is 17.2. The first-order valence-electron chi connectivity index (χ1n) is 11.2. The number of nitrogens with zero attached hydrogens (tertiary/aromatic N) is 1. The lowest BCUT2D eigenvalue weighted by atomic mass is 9.95. The van der Waals surface area contributed by atoms with E-state index in [0.717, 1.165) is 0 Å². The van der Waals surface area contributed by atoms with E-state index in [-0.39, 0.29) is 35.2 Å². The predicted octanol–water partition coefficient (Wildman–Crippen LogP) is 3.52. The number of amides is 1. The molecular formula is C26H25N5O4S. The van der Waals surface area contributed by atoms with Gasteiger partial charge in [-0.15, -0.1) is 12.6 Å². The lowest BCUT2D eigenvalue weighted by molar-refractivity contribution is -0.123. The van der Waals surface area contributed by atoms with Crippen molar-refractivity contribution in [2.75, 3.05) is 0 Å². The van der Waals surface area contributed by atoms with Crippen molar-refractivity contribution in [2.45, 2.75) is 30.7 Å². The molecule has 0 radical (unpaired) electrons. The molecule has 0 spiro atoms. The number of aromatic nitrogens is 2. The minimum atomic E-state index is -0.593. The van der Waals surface area contributed by atoms with Crippen molar-refractivity contribution in [3.05, 3.63) is 59.7 Å². The van der Waals surface area contributed by atoms with Gasteiger partial charge in [-0.25, -0.2) is 4.98 Å². The number of hydrogen-bond donors (Lipinski definition) is 7. The number of rotatable bonds is 8. The normalized spacial score (nSPS) is 11.8. The van der Waals surface area contributed by atoms with Crippen molar-refractivity contribution in [3.8, 4) is 34.0 Å². The van der Waals surface area contributed by atoms with Gasteiger partial charge in [0.1, 0.15) is 29.4 Å². The van der Waals surface area contributed by atoms with E-state index < -0.39 is 6.04 Å². The van der Waals surface area contributed by atoms with Gasteiger partial charge < -0.3 is 31.0 Å². The van der Waals surface area contributed by atoms with Crippen molar-refractivity contribution in [1.29, 1.82) is 5.41 Å². The number of hydrogen-bond acceptors (Lipinski definition) is 7. The van der Waals surface area contributed by atoms with Crippen LogP contribution in [0, 0.1) is 5.41 Å². The number of aldehydes is 1. The number of phenolic OH excluding ortho intramolecular Hbond substituents is 2. The number of nitrogen functional groups attached to an aromatic ring is 1. The fourth-order valence-electron chi connectivity index (χ4n) is 3.90. The second-order valence-electron chi connectivity index (χ2n) is 8.37. The number of fused-ring (bicyclic) bond motifs is 1. The van der Waals surface area contributed by atoms with E-state index in [4.69, 9.17) is 11.1 Å². The van der Waals surface area contributed by atoms with Gasteiger partial charge in [-0.1, -0.05) is 6.92 Å². The van der Waals surface area contributed by atoms with E-state index in [0.29, 0.717) is 56.7 Å². The average molecular weight is 504 g/mol. The van der Waals surface area contributed by atoms with Gasteiger partial charge in [0, 0.05) is 21.6 Å². The van der Waals surface area contributed by atoms with Gasteiger partial charge in [0.15, 0.2) is 0 Å². The Bertz CT molecular complexity index is 1500. The number of amidine groups is 1. The third-order valence-corrected chi connectivity index (χ3v) is 6.08. The zero-order valence-electron chi connectivity index (χ0n) is 19.4. The highest BCUT2D eigenvalue weighted by Crippen LogP contribution is 2.42. The number of aromatic amines is 1. The van der Waals surface area contributed by atoms with Gasteiger partial charge in [0.05, 0.1) is 29.1 Å². The molecule has 0 aliphatic carbocycles. The van der Waals surface area contributed by atoms with Crippen LogP contribution in [-0.4, -0.2) is 44.3 Å². The largest absolute Gasteiger partial charge is 0.507 e. The minimum Gasteiger partial charge on any atom is -0.507 e. The number of aromatic hydroxyl groups is 2. The van der Waals surface area contributed by atoms with Crippen LogP contribution in [0.3, 0.4) is 0 Å². The fourth-order valence-corrected chi connectivity index (χ4v) is 4.10. The molecule has 3 aromatic carbocycles. The number of carbonyl (C=O) groups is 2. The number of nitrogens with one attached hydrogen (secondary N) is 3. The van der Waals surface area contributed by atoms with E-state index in [9.17, 15) is 19.8 Å². The summed E-state index contributed by atoms with van der Waals surface area (Å²) in [6.07, 6.45) is 1.08. The molecule has 1 amide bonds. The van der Waals surface area contributed by atoms with Gasteiger partial charge in [0.25, 0.3) is 0 Å². The van der Waals surface area contributed by atoms with Crippen molar-refractivity contribution in [2.24, 2.45) is 5.73 Å². The molecule has 0 saturated heterocycles. The second-order valence-corrected chi connectivity index (χ2v) is 8.88. The van der Waals surface area contributed by atoms with Gasteiger partial charge >= 0.3 is 0 Å². The monoisotopic (exact) mass is 503 g/mol. The summed E-state index contributed by atoms with van der Waals surface area (Å²) < 4.78 is 0. The number of H-pyrrole nitrogens is 1. The van der Waals surface area contributed by atoms with Crippen LogP contribution in [-0.2, 0) is 16.0 Å². The minimum absolute atomic E-state index is 0.0688. The molecule has 0 bridgehead atoms. The molecule has 1 heterocycles. The molecule has 0 unspecified atom stereocenters. The van der Waals surface area contributed by atoms with Gasteiger partial charge in [-0.2, -0.15) is 0 Å². The molecule has 0 aliphatic heterocycles. The van der Waals surface area contributed by atoms with Gasteiger partial charge in [-0.05, 0) is 60.5 Å². The van der Waals surface area contributed by atoms with Crippen LogP contribution in [0.1, 0.15) is 24.5 Å². The summed E-state index contributed by atoms with van der Waals surface area (Å²) >= 11 is 4.35. The lowest BCUT2D eigenvalue weighted by Gasteiger charge is -2.15. The van der Waals surface area contributed by atoms with Crippen LogP contribution in [0.15, 0.2) is 53.4 Å². The predicted molar refractivity (Wildman–Crippen MR) is 141 cm³/mol. The van der Waals surface area contributed by atoms with Crippen molar-refractivity contribution in [1.82, 2.24) is 15.3 Å². The third kappa shape index (κ3) is 5.03. The van der Waals surface area contributed by atoms with Gasteiger partial charge in [-0.3, -0.25) is 10.2 Å². The first kappa shape index (κ1) is 24.8. The van der Waals surface area contributed by atoms with E-state index in [1.54, 1.807) is 49.4 Å². The molecule has 9 nitrogen and oxygen atoms in total. The van der Waals surface area contributed by atoms with E-state index >= 15 is 0 Å². The van der Waals surface area contributed by atoms with Crippen LogP contribution in [0.5, 0.6) is 11.5 Å². The molecule has 1 aromatic heterocycles. The number of imidazole rings is 1. The zero-order valence-corrected chi connectivity index (χ0v) is 20.3. The molecule has 36 heavy (non-hydrogen) atoms. The van der Waals surface area contributed by atoms with E-state index in [1.165, 1.54) is 6.07 Å². The molecule has 1 atom stereocenters. The van der Waals surface area contributed by atoms with E-state index in [2.05, 4.69) is 27.9 Å². The molecule has 184 valence electrons. The summed E-state index contributed by atoms with van der Waals surface area (Å²) in [5.74, 6) is -0.355. The quantitative estimate of drug-likeness (QED) is 0.0841. The SMILES string of the molecule is CC[C@H](C=O)NC(=O)Cc1cc(-c2nc3cc(C(=N)N)ccc3[nH]2)c(O)c(-c2cc(S)ccc2O)c1. The van der Waals surface area contributed by atoms with Crippen LogP contribution < -0.4 is 11.1 Å². The average Bonchev–Trinajstić information content (AvgIpc) is 3.28. The Labute approximate surface area is 212 Å². The highest BCUT2D eigenvalue weighted by atomic mass is 32.1. The molecule has 0 saturated carbocycles. The zero-order chi connectivity index (χ0) is 26.0. The summed E-state index contributed by atoms with van der Waals surface area (Å²) in [4.78, 5) is 32.1. The van der Waals surface area contributed by atoms with Crippen LogP contribution in [0.4, 0.5) is 0 Å². The topological polar surface area (TPSA) is 165 Å². The molecule has 0 aliphatic rings. The molecule has 4 aromatic rings. The number of benzene rings is 3. The van der Waals surface area contributed by atoms with Crippen molar-refractivity contribution in [3.63, 3.8) is 0 Å². The Morgan fingerprint density at radius 1 is 1.17 bits per heavy atom. The number of carbonyl (C=O) groups excluding carboxylic acids is 2. The van der Waals surface area contributed by atoms with Crippen LogP contribution >= 0.6 is 12.6 Å². The van der Waals surface area contributed by atoms with Crippen LogP contribution in [0.25, 0.3) is 33.5 Å². The molecular weight excluding hydrogens is 478 g/mol. The Kier molecular flexibility index (Phi) is 6.98. The molecule has 7 N–H and O–H groups in total. The summed E-state index contributed by atoms with van der Waals surface area (Å²) in [5.41, 5.74) is 8.76. The number of nitrogens with two attached hydrogens (primary N) is 1. The highest BCUT2D eigenvalue weighted by Gasteiger charge is 2.20. The molecule has 4 rings (SSSR count). The summed E-state index contributed by atoms with van der Waals surface area (Å²) in [5, 5.41) is 32.1. The summed E-state index contributed by atoms with van der Waals surface area (Å²) in [6.45, 7) is 1.79.